The van der Waals surface area contributed by atoms with Crippen LogP contribution in [-0.4, -0.2) is 16.1 Å². The van der Waals surface area contributed by atoms with Gasteiger partial charge in [-0.1, -0.05) is 42.5 Å². The fourth-order valence-corrected chi connectivity index (χ4v) is 3.84. The summed E-state index contributed by atoms with van der Waals surface area (Å²) in [6.45, 7) is 3.77. The lowest BCUT2D eigenvalue weighted by Crippen LogP contribution is -2.14. The van der Waals surface area contributed by atoms with Gasteiger partial charge in [0, 0.05) is 11.3 Å². The van der Waals surface area contributed by atoms with Gasteiger partial charge in [0.2, 0.25) is 5.91 Å². The number of fused-ring (bicyclic) bond motifs is 1. The first-order valence-corrected chi connectivity index (χ1v) is 9.01. The highest BCUT2D eigenvalue weighted by Crippen LogP contribution is 2.35. The van der Waals surface area contributed by atoms with Crippen molar-refractivity contribution in [3.8, 4) is 0 Å². The van der Waals surface area contributed by atoms with Gasteiger partial charge >= 0.3 is 0 Å². The Kier molecular flexibility index (Phi) is 5.18. The molecule has 1 amide bonds. The minimum atomic E-state index is -1.58. The first kappa shape index (κ1) is 17.6. The van der Waals surface area contributed by atoms with Crippen molar-refractivity contribution in [2.75, 3.05) is 5.32 Å². The number of benzene rings is 2. The monoisotopic (exact) mass is 355 g/mol. The third-order valence-electron chi connectivity index (χ3n) is 4.37. The Bertz CT molecular complexity index is 914. The Morgan fingerprint density at radius 3 is 2.56 bits per heavy atom. The van der Waals surface area contributed by atoms with Crippen molar-refractivity contribution >= 4 is 33.7 Å². The molecular weight excluding hydrogens is 334 g/mol. The number of hydrogen-bond acceptors (Lipinski definition) is 4. The lowest BCUT2D eigenvalue weighted by Gasteiger charge is -2.10. The van der Waals surface area contributed by atoms with Crippen LogP contribution < -0.4 is 5.32 Å². The molecule has 0 saturated heterocycles. The molecule has 1 aromatic heterocycles. The SMILES string of the molecule is Cc1sc(C(O)O)c(NC(=O)CCc2ccc3ccccc3c2)c1C. The van der Waals surface area contributed by atoms with E-state index < -0.39 is 6.29 Å². The molecule has 3 aromatic rings. The zero-order valence-corrected chi connectivity index (χ0v) is 15.1. The van der Waals surface area contributed by atoms with Crippen molar-refractivity contribution in [3.05, 3.63) is 63.3 Å². The fourth-order valence-electron chi connectivity index (χ4n) is 2.84. The molecule has 2 aromatic carbocycles. The van der Waals surface area contributed by atoms with Crippen LogP contribution in [0, 0.1) is 13.8 Å². The van der Waals surface area contributed by atoms with Gasteiger partial charge in [0.25, 0.3) is 0 Å². The largest absolute Gasteiger partial charge is 0.364 e. The zero-order valence-electron chi connectivity index (χ0n) is 14.2. The summed E-state index contributed by atoms with van der Waals surface area (Å²) < 4.78 is 0. The standard InChI is InChI=1S/C20H21NO3S/c1-12-13(2)25-19(20(23)24)18(12)21-17(22)10-8-14-7-9-15-5-3-4-6-16(15)11-14/h3-7,9,11,20,23-24H,8,10H2,1-2H3,(H,21,22). The van der Waals surface area contributed by atoms with Crippen LogP contribution in [0.15, 0.2) is 42.5 Å². The smallest absolute Gasteiger partial charge is 0.224 e. The number of carbonyl (C=O) groups is 1. The highest BCUT2D eigenvalue weighted by Gasteiger charge is 2.19. The number of aryl methyl sites for hydroxylation is 2. The van der Waals surface area contributed by atoms with E-state index in [0.717, 1.165) is 21.4 Å². The summed E-state index contributed by atoms with van der Waals surface area (Å²) in [5.41, 5.74) is 2.52. The van der Waals surface area contributed by atoms with Crippen LogP contribution in [0.1, 0.15) is 33.6 Å². The van der Waals surface area contributed by atoms with Gasteiger partial charge < -0.3 is 15.5 Å². The maximum atomic E-state index is 12.3. The van der Waals surface area contributed by atoms with E-state index in [4.69, 9.17) is 0 Å². The van der Waals surface area contributed by atoms with Crippen LogP contribution in [0.2, 0.25) is 0 Å². The first-order chi connectivity index (χ1) is 12.0. The molecule has 5 heteroatoms. The second-order valence-corrected chi connectivity index (χ2v) is 7.38. The van der Waals surface area contributed by atoms with E-state index in [-0.39, 0.29) is 5.91 Å². The van der Waals surface area contributed by atoms with Crippen molar-refractivity contribution in [2.45, 2.75) is 33.0 Å². The predicted molar refractivity (Wildman–Crippen MR) is 102 cm³/mol. The molecule has 0 radical (unpaired) electrons. The summed E-state index contributed by atoms with van der Waals surface area (Å²) in [5, 5.41) is 24.1. The van der Waals surface area contributed by atoms with Crippen molar-refractivity contribution in [1.82, 2.24) is 0 Å². The van der Waals surface area contributed by atoms with Crippen LogP contribution in [-0.2, 0) is 11.2 Å². The Balaban J connectivity index is 1.68. The van der Waals surface area contributed by atoms with Gasteiger partial charge in [0.05, 0.1) is 10.6 Å². The van der Waals surface area contributed by atoms with Gasteiger partial charge in [-0.05, 0) is 42.2 Å². The molecule has 25 heavy (non-hydrogen) atoms. The molecule has 0 aliphatic rings. The first-order valence-electron chi connectivity index (χ1n) is 8.19. The van der Waals surface area contributed by atoms with Crippen molar-refractivity contribution in [1.29, 1.82) is 0 Å². The minimum absolute atomic E-state index is 0.129. The number of anilines is 1. The van der Waals surface area contributed by atoms with Gasteiger partial charge in [-0.2, -0.15) is 0 Å². The number of aliphatic hydroxyl groups is 2. The van der Waals surface area contributed by atoms with Gasteiger partial charge in [-0.3, -0.25) is 4.79 Å². The Morgan fingerprint density at radius 2 is 1.84 bits per heavy atom. The summed E-state index contributed by atoms with van der Waals surface area (Å²) in [6, 6.07) is 14.3. The molecule has 0 bridgehead atoms. The molecular formula is C20H21NO3S. The number of thiophene rings is 1. The third-order valence-corrected chi connectivity index (χ3v) is 5.61. The maximum absolute atomic E-state index is 12.3. The van der Waals surface area contributed by atoms with Crippen LogP contribution in [0.5, 0.6) is 0 Å². The van der Waals surface area contributed by atoms with E-state index in [0.29, 0.717) is 23.4 Å². The zero-order chi connectivity index (χ0) is 18.0. The predicted octanol–water partition coefficient (Wildman–Crippen LogP) is 4.07. The van der Waals surface area contributed by atoms with Crippen molar-refractivity contribution in [3.63, 3.8) is 0 Å². The highest BCUT2D eigenvalue weighted by atomic mass is 32.1. The topological polar surface area (TPSA) is 69.6 Å². The van der Waals surface area contributed by atoms with Crippen LogP contribution in [0.25, 0.3) is 10.8 Å². The number of carbonyl (C=O) groups excluding carboxylic acids is 1. The molecule has 3 rings (SSSR count). The molecule has 0 saturated carbocycles. The van der Waals surface area contributed by atoms with Gasteiger partial charge in [0.1, 0.15) is 0 Å². The van der Waals surface area contributed by atoms with Gasteiger partial charge in [0.15, 0.2) is 6.29 Å². The maximum Gasteiger partial charge on any atom is 0.224 e. The summed E-state index contributed by atoms with van der Waals surface area (Å²) in [6.07, 6.45) is -0.600. The second-order valence-electron chi connectivity index (χ2n) is 6.13. The quantitative estimate of drug-likeness (QED) is 0.604. The van der Waals surface area contributed by atoms with E-state index in [1.165, 1.54) is 16.7 Å². The van der Waals surface area contributed by atoms with Crippen LogP contribution in [0.4, 0.5) is 5.69 Å². The number of rotatable bonds is 5. The Hall–Kier alpha value is -2.21. The summed E-state index contributed by atoms with van der Waals surface area (Å²) >= 11 is 1.29. The number of hydrogen-bond donors (Lipinski definition) is 3. The number of aliphatic hydroxyl groups excluding tert-OH is 1. The van der Waals surface area contributed by atoms with Crippen molar-refractivity contribution in [2.24, 2.45) is 0 Å². The summed E-state index contributed by atoms with van der Waals surface area (Å²) in [7, 11) is 0. The molecule has 0 aliphatic carbocycles. The molecule has 3 N–H and O–H groups in total. The number of nitrogens with one attached hydrogen (secondary N) is 1. The Morgan fingerprint density at radius 1 is 1.12 bits per heavy atom. The molecule has 130 valence electrons. The second kappa shape index (κ2) is 7.35. The average Bonchev–Trinajstić information content (AvgIpc) is 2.88. The molecule has 0 unspecified atom stereocenters. The summed E-state index contributed by atoms with van der Waals surface area (Å²) in [5.74, 6) is -0.129. The molecule has 0 fully saturated rings. The molecule has 1 heterocycles. The van der Waals surface area contributed by atoms with E-state index in [1.54, 1.807) is 0 Å². The van der Waals surface area contributed by atoms with Crippen LogP contribution >= 0.6 is 11.3 Å². The van der Waals surface area contributed by atoms with Crippen LogP contribution in [0.3, 0.4) is 0 Å². The Labute approximate surface area is 150 Å². The number of amides is 1. The highest BCUT2D eigenvalue weighted by molar-refractivity contribution is 7.12. The van der Waals surface area contributed by atoms with Gasteiger partial charge in [-0.25, -0.2) is 0 Å². The van der Waals surface area contributed by atoms with Gasteiger partial charge in [-0.15, -0.1) is 11.3 Å². The van der Waals surface area contributed by atoms with E-state index in [9.17, 15) is 15.0 Å². The normalized spacial score (nSPS) is 11.2. The molecule has 0 aliphatic heterocycles. The molecule has 4 nitrogen and oxygen atoms in total. The minimum Gasteiger partial charge on any atom is -0.364 e. The lowest BCUT2D eigenvalue weighted by atomic mass is 10.0. The molecule has 0 atom stereocenters. The lowest BCUT2D eigenvalue weighted by molar-refractivity contribution is -0.116. The van der Waals surface area contributed by atoms with E-state index in [2.05, 4.69) is 29.6 Å². The average molecular weight is 355 g/mol. The fraction of sp³-hybridized carbons (Fsp3) is 0.250. The van der Waals surface area contributed by atoms with Crippen molar-refractivity contribution < 1.29 is 15.0 Å². The van der Waals surface area contributed by atoms with E-state index in [1.807, 2.05) is 32.0 Å². The van der Waals surface area contributed by atoms with E-state index >= 15 is 0 Å². The summed E-state index contributed by atoms with van der Waals surface area (Å²) in [4.78, 5) is 13.7. The molecule has 0 spiro atoms. The third kappa shape index (κ3) is 3.90.